The molecule has 0 unspecified atom stereocenters. The van der Waals surface area contributed by atoms with E-state index in [2.05, 4.69) is 83.9 Å². The maximum Gasteiger partial charge on any atom is 0.282 e. The van der Waals surface area contributed by atoms with E-state index in [-0.39, 0.29) is 0 Å². The van der Waals surface area contributed by atoms with Crippen LogP contribution in [0.4, 0.5) is 11.4 Å². The Hall–Kier alpha value is -2.14. The molecule has 0 atom stereocenters. The van der Waals surface area contributed by atoms with Crippen LogP contribution in [0, 0.1) is 6.92 Å². The maximum absolute atomic E-state index is 6.46. The van der Waals surface area contributed by atoms with Crippen molar-refractivity contribution >= 4 is 63.3 Å². The number of nitrogens with zero attached hydrogens (tertiary/aromatic N) is 4. The first-order chi connectivity index (χ1) is 15.9. The molecule has 0 bridgehead atoms. The van der Waals surface area contributed by atoms with Crippen LogP contribution in [0.2, 0.25) is 15.1 Å². The van der Waals surface area contributed by atoms with Crippen molar-refractivity contribution in [1.29, 1.82) is 0 Å². The van der Waals surface area contributed by atoms with Crippen LogP contribution in [0.25, 0.3) is 17.1 Å². The molecule has 3 aromatic rings. The predicted octanol–water partition coefficient (Wildman–Crippen LogP) is 7.46. The maximum atomic E-state index is 6.46. The fraction of sp³-hybridized carbons (Fsp3) is 0.346. The average molecular weight is 505 g/mol. The lowest BCUT2D eigenvalue weighted by atomic mass is 10.2. The van der Waals surface area contributed by atoms with Gasteiger partial charge in [0.15, 0.2) is 11.0 Å². The number of fused-ring (bicyclic) bond motifs is 2. The van der Waals surface area contributed by atoms with Crippen LogP contribution in [-0.2, 0) is 13.1 Å². The van der Waals surface area contributed by atoms with Gasteiger partial charge < -0.3 is 9.80 Å². The third-order valence-electron chi connectivity index (χ3n) is 6.30. The molecule has 2 aromatic carbocycles. The first-order valence-electron chi connectivity index (χ1n) is 11.5. The topological polar surface area (TPSA) is 15.3 Å². The van der Waals surface area contributed by atoms with Crippen molar-refractivity contribution in [2.24, 2.45) is 0 Å². The molecule has 0 spiro atoms. The average Bonchev–Trinajstić information content (AvgIpc) is 3.24. The van der Waals surface area contributed by atoms with Crippen LogP contribution < -0.4 is 14.4 Å². The number of rotatable bonds is 6. The van der Waals surface area contributed by atoms with Gasteiger partial charge in [0, 0.05) is 36.3 Å². The summed E-state index contributed by atoms with van der Waals surface area (Å²) in [6.07, 6.45) is 6.50. The Balaban J connectivity index is 1.80. The highest BCUT2D eigenvalue weighted by molar-refractivity contribution is 6.42. The number of hydrogen-bond donors (Lipinski definition) is 0. The molecule has 1 aromatic heterocycles. The van der Waals surface area contributed by atoms with Gasteiger partial charge in [0.25, 0.3) is 5.82 Å². The van der Waals surface area contributed by atoms with Gasteiger partial charge in [-0.25, -0.2) is 9.13 Å². The standard InChI is InChI=1S/C26H30Cl3N4/c1-6-30-21-13-17(5)18(27)14-22(21)31(7-2)25(30)11-10-12-26-32(8-3)23-15-19(28)20(29)16-24(23)33(26)9-4/h10-16H,6-9H2,1-5H3/q+1. The van der Waals surface area contributed by atoms with Crippen LogP contribution in [0.1, 0.15) is 39.1 Å². The Kier molecular flexibility index (Phi) is 6.99. The predicted molar refractivity (Wildman–Crippen MR) is 143 cm³/mol. The first-order valence-corrected chi connectivity index (χ1v) is 12.6. The molecule has 33 heavy (non-hydrogen) atoms. The van der Waals surface area contributed by atoms with Gasteiger partial charge in [-0.05, 0) is 58.4 Å². The zero-order valence-electron chi connectivity index (χ0n) is 19.8. The van der Waals surface area contributed by atoms with E-state index in [4.69, 9.17) is 34.8 Å². The van der Waals surface area contributed by atoms with Crippen LogP contribution >= 0.6 is 34.8 Å². The fourth-order valence-electron chi connectivity index (χ4n) is 4.74. The largest absolute Gasteiger partial charge is 0.326 e. The minimum atomic E-state index is 0.576. The van der Waals surface area contributed by atoms with E-state index >= 15 is 0 Å². The Bertz CT molecular complexity index is 1190. The Morgan fingerprint density at radius 2 is 1.45 bits per heavy atom. The smallest absolute Gasteiger partial charge is 0.282 e. The second-order valence-corrected chi connectivity index (χ2v) is 9.29. The number of aromatic nitrogens is 2. The van der Waals surface area contributed by atoms with Crippen LogP contribution in [0.15, 0.2) is 42.2 Å². The number of anilines is 2. The quantitative estimate of drug-likeness (QED) is 0.324. The number of hydrogen-bond acceptors (Lipinski definition) is 2. The lowest BCUT2D eigenvalue weighted by Crippen LogP contribution is -2.35. The summed E-state index contributed by atoms with van der Waals surface area (Å²) in [5, 5.41) is 1.95. The van der Waals surface area contributed by atoms with Gasteiger partial charge in [0.05, 0.1) is 34.5 Å². The summed E-state index contributed by atoms with van der Waals surface area (Å²) >= 11 is 19.1. The molecule has 0 fully saturated rings. The fourth-order valence-corrected chi connectivity index (χ4v) is 5.21. The first kappa shape index (κ1) is 24.0. The normalized spacial score (nSPS) is 15.0. The van der Waals surface area contributed by atoms with Gasteiger partial charge in [-0.3, -0.25) is 0 Å². The third kappa shape index (κ3) is 4.03. The number of aryl methyl sites for hydroxylation is 3. The van der Waals surface area contributed by atoms with E-state index in [1.807, 2.05) is 12.1 Å². The van der Waals surface area contributed by atoms with Crippen LogP contribution in [0.3, 0.4) is 0 Å². The third-order valence-corrected chi connectivity index (χ3v) is 7.43. The Morgan fingerprint density at radius 3 is 2.06 bits per heavy atom. The van der Waals surface area contributed by atoms with E-state index < -0.39 is 0 Å². The second kappa shape index (κ2) is 9.61. The summed E-state index contributed by atoms with van der Waals surface area (Å²) in [6, 6.07) is 8.18. The SMILES string of the molecule is CCN1/C(=C/C=C/c2n(CC)c3cc(Cl)c(Cl)cc3[n+]2CC)N(CC)c2cc(Cl)c(C)cc21. The van der Waals surface area contributed by atoms with E-state index in [1.54, 1.807) is 0 Å². The highest BCUT2D eigenvalue weighted by atomic mass is 35.5. The number of imidazole rings is 1. The van der Waals surface area contributed by atoms with E-state index in [0.29, 0.717) is 10.0 Å². The van der Waals surface area contributed by atoms with E-state index in [9.17, 15) is 0 Å². The van der Waals surface area contributed by atoms with E-state index in [1.165, 1.54) is 5.69 Å². The summed E-state index contributed by atoms with van der Waals surface area (Å²) in [7, 11) is 0. The molecular formula is C26H30Cl3N4+. The van der Waals surface area contributed by atoms with Crippen molar-refractivity contribution in [2.45, 2.75) is 47.7 Å². The van der Waals surface area contributed by atoms with Crippen LogP contribution in [0.5, 0.6) is 0 Å². The molecule has 1 aliphatic rings. The molecule has 0 aliphatic carbocycles. The Labute approximate surface area is 211 Å². The number of allylic oxidation sites excluding steroid dienone is 2. The highest BCUT2D eigenvalue weighted by Gasteiger charge is 2.30. The molecule has 0 radical (unpaired) electrons. The number of halogens is 3. The van der Waals surface area contributed by atoms with Gasteiger partial charge in [0.1, 0.15) is 5.82 Å². The molecule has 7 heteroatoms. The van der Waals surface area contributed by atoms with Gasteiger partial charge in [-0.15, -0.1) is 0 Å². The van der Waals surface area contributed by atoms with Crippen molar-refractivity contribution < 1.29 is 4.57 Å². The molecule has 4 nitrogen and oxygen atoms in total. The van der Waals surface area contributed by atoms with Gasteiger partial charge >= 0.3 is 0 Å². The monoisotopic (exact) mass is 503 g/mol. The summed E-state index contributed by atoms with van der Waals surface area (Å²) in [5.74, 6) is 2.27. The van der Waals surface area contributed by atoms with Gasteiger partial charge in [-0.2, -0.15) is 0 Å². The molecule has 0 N–H and O–H groups in total. The molecular weight excluding hydrogens is 475 g/mol. The van der Waals surface area contributed by atoms with Crippen molar-refractivity contribution in [3.63, 3.8) is 0 Å². The molecule has 1 aliphatic heterocycles. The highest BCUT2D eigenvalue weighted by Crippen LogP contribution is 2.44. The second-order valence-electron chi connectivity index (χ2n) is 8.06. The zero-order valence-corrected chi connectivity index (χ0v) is 22.1. The zero-order chi connectivity index (χ0) is 23.9. The minimum Gasteiger partial charge on any atom is -0.326 e. The molecule has 0 saturated heterocycles. The molecule has 0 amide bonds. The lowest BCUT2D eigenvalue weighted by molar-refractivity contribution is -0.670. The van der Waals surface area contributed by atoms with Crippen molar-refractivity contribution in [3.8, 4) is 0 Å². The summed E-state index contributed by atoms with van der Waals surface area (Å²) in [6.45, 7) is 14.1. The molecule has 2 heterocycles. The van der Waals surface area contributed by atoms with E-state index in [0.717, 1.165) is 65.1 Å². The van der Waals surface area contributed by atoms with Gasteiger partial charge in [-0.1, -0.05) is 40.9 Å². The minimum absolute atomic E-state index is 0.576. The molecule has 174 valence electrons. The van der Waals surface area contributed by atoms with Gasteiger partial charge in [0.2, 0.25) is 0 Å². The van der Waals surface area contributed by atoms with Crippen molar-refractivity contribution in [3.05, 3.63) is 68.7 Å². The summed E-state index contributed by atoms with van der Waals surface area (Å²) in [5.41, 5.74) is 5.63. The summed E-state index contributed by atoms with van der Waals surface area (Å²) < 4.78 is 4.55. The lowest BCUT2D eigenvalue weighted by Gasteiger charge is -2.23. The number of benzene rings is 2. The Morgan fingerprint density at radius 1 is 0.818 bits per heavy atom. The van der Waals surface area contributed by atoms with Crippen molar-refractivity contribution in [2.75, 3.05) is 22.9 Å². The molecule has 0 saturated carbocycles. The molecule has 4 rings (SSSR count). The summed E-state index contributed by atoms with van der Waals surface area (Å²) in [4.78, 5) is 4.66. The van der Waals surface area contributed by atoms with Crippen LogP contribution in [-0.4, -0.2) is 17.7 Å². The van der Waals surface area contributed by atoms with Crippen molar-refractivity contribution in [1.82, 2.24) is 4.57 Å².